The van der Waals surface area contributed by atoms with Gasteiger partial charge in [0.25, 0.3) is 0 Å². The topological polar surface area (TPSA) is 26.3 Å². The fraction of sp³-hybridized carbons (Fsp3) is 0.938. The highest BCUT2D eigenvalue weighted by molar-refractivity contribution is 5.74. The fourth-order valence-electron chi connectivity index (χ4n) is 3.78. The highest BCUT2D eigenvalue weighted by atomic mass is 16.6. The van der Waals surface area contributed by atoms with Crippen molar-refractivity contribution in [3.63, 3.8) is 0 Å². The molecule has 4 atom stereocenters. The van der Waals surface area contributed by atoms with Crippen molar-refractivity contribution in [1.29, 1.82) is 0 Å². The van der Waals surface area contributed by atoms with Crippen LogP contribution in [0, 0.1) is 17.3 Å². The first-order valence-electron chi connectivity index (χ1n) is 7.76. The molecule has 0 aromatic heterocycles. The smallest absolute Gasteiger partial charge is 0.309 e. The Balaban J connectivity index is 1.84. The number of hydrogen-bond donors (Lipinski definition) is 0. The van der Waals surface area contributed by atoms with Gasteiger partial charge in [-0.25, -0.2) is 0 Å². The molecule has 2 nitrogen and oxygen atoms in total. The third kappa shape index (κ3) is 2.89. The SMILES string of the molecule is CCCCCCC1(C)CCC2C(C1)OC(=O)[C@@H]2C. The van der Waals surface area contributed by atoms with Gasteiger partial charge in [0.15, 0.2) is 0 Å². The van der Waals surface area contributed by atoms with Gasteiger partial charge in [-0.15, -0.1) is 0 Å². The van der Waals surface area contributed by atoms with Crippen LogP contribution in [-0.4, -0.2) is 12.1 Å². The summed E-state index contributed by atoms with van der Waals surface area (Å²) in [5.74, 6) is 0.682. The van der Waals surface area contributed by atoms with Crippen LogP contribution in [-0.2, 0) is 9.53 Å². The van der Waals surface area contributed by atoms with Gasteiger partial charge in [0.1, 0.15) is 6.10 Å². The molecule has 1 aliphatic heterocycles. The third-order valence-corrected chi connectivity index (χ3v) is 5.17. The molecule has 1 saturated carbocycles. The summed E-state index contributed by atoms with van der Waals surface area (Å²) in [6.45, 7) is 6.69. The van der Waals surface area contributed by atoms with Gasteiger partial charge in [0.2, 0.25) is 0 Å². The summed E-state index contributed by atoms with van der Waals surface area (Å²) in [7, 11) is 0. The zero-order chi connectivity index (χ0) is 13.2. The molecule has 104 valence electrons. The standard InChI is InChI=1S/C16H28O2/c1-4-5-6-7-9-16(3)10-8-13-12(2)15(17)18-14(13)11-16/h12-14H,4-11H2,1-3H3/t12-,13?,14?,16?/m1/s1. The maximum absolute atomic E-state index is 11.6. The lowest BCUT2D eigenvalue weighted by Gasteiger charge is -2.39. The van der Waals surface area contributed by atoms with E-state index in [9.17, 15) is 4.79 Å². The second kappa shape index (κ2) is 5.63. The molecule has 0 N–H and O–H groups in total. The maximum atomic E-state index is 11.6. The Morgan fingerprint density at radius 1 is 1.33 bits per heavy atom. The summed E-state index contributed by atoms with van der Waals surface area (Å²) >= 11 is 0. The number of ether oxygens (including phenoxy) is 1. The number of carbonyl (C=O) groups excluding carboxylic acids is 1. The number of hydrogen-bond acceptors (Lipinski definition) is 2. The first-order chi connectivity index (χ1) is 8.56. The van der Waals surface area contributed by atoms with E-state index in [4.69, 9.17) is 4.74 Å². The Hall–Kier alpha value is -0.530. The molecule has 0 radical (unpaired) electrons. The number of rotatable bonds is 5. The average Bonchev–Trinajstić information content (AvgIpc) is 2.60. The fourth-order valence-corrected chi connectivity index (χ4v) is 3.78. The van der Waals surface area contributed by atoms with Crippen molar-refractivity contribution in [3.8, 4) is 0 Å². The molecule has 2 aliphatic rings. The Morgan fingerprint density at radius 2 is 2.11 bits per heavy atom. The minimum Gasteiger partial charge on any atom is -0.462 e. The quantitative estimate of drug-likeness (QED) is 0.538. The van der Waals surface area contributed by atoms with Gasteiger partial charge >= 0.3 is 5.97 Å². The zero-order valence-corrected chi connectivity index (χ0v) is 12.2. The number of fused-ring (bicyclic) bond motifs is 1. The summed E-state index contributed by atoms with van der Waals surface area (Å²) in [5, 5.41) is 0. The Bertz CT molecular complexity index is 299. The number of carbonyl (C=O) groups is 1. The molecule has 0 aromatic carbocycles. The molecular formula is C16H28O2. The van der Waals surface area contributed by atoms with Gasteiger partial charge in [-0.1, -0.05) is 46.5 Å². The van der Waals surface area contributed by atoms with Crippen molar-refractivity contribution in [2.24, 2.45) is 17.3 Å². The molecule has 0 amide bonds. The van der Waals surface area contributed by atoms with Crippen molar-refractivity contribution < 1.29 is 9.53 Å². The predicted molar refractivity (Wildman–Crippen MR) is 73.3 cm³/mol. The van der Waals surface area contributed by atoms with Crippen LogP contribution in [0.5, 0.6) is 0 Å². The Labute approximate surface area is 111 Å². The van der Waals surface area contributed by atoms with Crippen LogP contribution in [0.15, 0.2) is 0 Å². The van der Waals surface area contributed by atoms with Gasteiger partial charge in [-0.05, 0) is 31.1 Å². The van der Waals surface area contributed by atoms with Gasteiger partial charge < -0.3 is 4.74 Å². The van der Waals surface area contributed by atoms with Crippen molar-refractivity contribution in [2.45, 2.75) is 78.2 Å². The van der Waals surface area contributed by atoms with Crippen molar-refractivity contribution >= 4 is 5.97 Å². The molecule has 1 aliphatic carbocycles. The first kappa shape index (κ1) is 13.9. The van der Waals surface area contributed by atoms with Crippen LogP contribution < -0.4 is 0 Å². The van der Waals surface area contributed by atoms with E-state index in [0.29, 0.717) is 11.3 Å². The van der Waals surface area contributed by atoms with Crippen molar-refractivity contribution in [2.75, 3.05) is 0 Å². The van der Waals surface area contributed by atoms with E-state index in [1.54, 1.807) is 0 Å². The Kier molecular flexibility index (Phi) is 4.34. The van der Waals surface area contributed by atoms with E-state index in [-0.39, 0.29) is 18.0 Å². The van der Waals surface area contributed by atoms with E-state index in [1.165, 1.54) is 44.9 Å². The monoisotopic (exact) mass is 252 g/mol. The van der Waals surface area contributed by atoms with Crippen LogP contribution in [0.25, 0.3) is 0 Å². The maximum Gasteiger partial charge on any atom is 0.309 e. The second-order valence-electron chi connectivity index (χ2n) is 6.79. The molecule has 0 bridgehead atoms. The highest BCUT2D eigenvalue weighted by Gasteiger charge is 2.48. The molecule has 18 heavy (non-hydrogen) atoms. The minimum atomic E-state index is 0.0419. The summed E-state index contributed by atoms with van der Waals surface area (Å²) in [5.41, 5.74) is 0.416. The number of unbranched alkanes of at least 4 members (excludes halogenated alkanes) is 3. The van der Waals surface area contributed by atoms with E-state index < -0.39 is 0 Å². The zero-order valence-electron chi connectivity index (χ0n) is 12.2. The highest BCUT2D eigenvalue weighted by Crippen LogP contribution is 2.48. The summed E-state index contributed by atoms with van der Waals surface area (Å²) in [4.78, 5) is 11.6. The second-order valence-corrected chi connectivity index (χ2v) is 6.79. The van der Waals surface area contributed by atoms with E-state index in [2.05, 4.69) is 13.8 Å². The normalized spacial score (nSPS) is 39.5. The van der Waals surface area contributed by atoms with Crippen LogP contribution in [0.4, 0.5) is 0 Å². The number of esters is 1. The summed E-state index contributed by atoms with van der Waals surface area (Å²) in [6.07, 6.45) is 10.4. The lowest BCUT2D eigenvalue weighted by atomic mass is 9.66. The van der Waals surface area contributed by atoms with Crippen LogP contribution in [0.1, 0.15) is 72.1 Å². The molecule has 2 heteroatoms. The lowest BCUT2D eigenvalue weighted by molar-refractivity contribution is -0.145. The summed E-state index contributed by atoms with van der Waals surface area (Å²) in [6, 6.07) is 0. The minimum absolute atomic E-state index is 0.0419. The van der Waals surface area contributed by atoms with Crippen molar-refractivity contribution in [1.82, 2.24) is 0 Å². The molecular weight excluding hydrogens is 224 g/mol. The van der Waals surface area contributed by atoms with E-state index in [0.717, 1.165) is 6.42 Å². The summed E-state index contributed by atoms with van der Waals surface area (Å²) < 4.78 is 5.56. The van der Waals surface area contributed by atoms with Crippen molar-refractivity contribution in [3.05, 3.63) is 0 Å². The van der Waals surface area contributed by atoms with Gasteiger partial charge in [-0.2, -0.15) is 0 Å². The van der Waals surface area contributed by atoms with Crippen LogP contribution >= 0.6 is 0 Å². The first-order valence-corrected chi connectivity index (χ1v) is 7.76. The lowest BCUT2D eigenvalue weighted by Crippen LogP contribution is -2.34. The third-order valence-electron chi connectivity index (χ3n) is 5.17. The molecule has 1 heterocycles. The molecule has 0 aromatic rings. The predicted octanol–water partition coefficient (Wildman–Crippen LogP) is 4.32. The average molecular weight is 252 g/mol. The van der Waals surface area contributed by atoms with E-state index >= 15 is 0 Å². The molecule has 2 rings (SSSR count). The molecule has 0 spiro atoms. The van der Waals surface area contributed by atoms with Gasteiger partial charge in [0, 0.05) is 5.92 Å². The van der Waals surface area contributed by atoms with Gasteiger partial charge in [-0.3, -0.25) is 4.79 Å². The Morgan fingerprint density at radius 3 is 2.83 bits per heavy atom. The van der Waals surface area contributed by atoms with Crippen LogP contribution in [0.3, 0.4) is 0 Å². The van der Waals surface area contributed by atoms with Gasteiger partial charge in [0.05, 0.1) is 5.92 Å². The van der Waals surface area contributed by atoms with E-state index in [1.807, 2.05) is 6.92 Å². The molecule has 2 fully saturated rings. The van der Waals surface area contributed by atoms with Crippen LogP contribution in [0.2, 0.25) is 0 Å². The molecule has 3 unspecified atom stereocenters. The largest absolute Gasteiger partial charge is 0.462 e. The molecule has 1 saturated heterocycles.